The van der Waals surface area contributed by atoms with Gasteiger partial charge in [-0.15, -0.1) is 0 Å². The normalized spacial score (nSPS) is 12.3. The maximum absolute atomic E-state index is 14.3. The zero-order chi connectivity index (χ0) is 14.0. The molecule has 0 aliphatic carbocycles. The summed E-state index contributed by atoms with van der Waals surface area (Å²) in [6, 6.07) is 9.38. The Kier molecular flexibility index (Phi) is 4.20. The molecule has 0 radical (unpaired) electrons. The average Bonchev–Trinajstić information content (AvgIpc) is 2.39. The van der Waals surface area contributed by atoms with Crippen LogP contribution >= 0.6 is 15.9 Å². The van der Waals surface area contributed by atoms with Gasteiger partial charge in [-0.05, 0) is 29.8 Å². The van der Waals surface area contributed by atoms with Crippen molar-refractivity contribution in [2.75, 3.05) is 7.11 Å². The number of methoxy groups -OCH3 is 1. The van der Waals surface area contributed by atoms with E-state index in [0.717, 1.165) is 5.56 Å². The minimum atomic E-state index is -0.395. The molecule has 0 amide bonds. The Morgan fingerprint density at radius 3 is 2.26 bits per heavy atom. The van der Waals surface area contributed by atoms with E-state index in [9.17, 15) is 8.78 Å². The van der Waals surface area contributed by atoms with Gasteiger partial charge in [0.1, 0.15) is 5.82 Å². The molecule has 0 aromatic heterocycles. The molecule has 0 fully saturated rings. The summed E-state index contributed by atoms with van der Waals surface area (Å²) < 4.78 is 32.9. The summed E-state index contributed by atoms with van der Waals surface area (Å²) in [4.78, 5) is 0. The van der Waals surface area contributed by atoms with Gasteiger partial charge in [0.2, 0.25) is 0 Å². The third-order valence-electron chi connectivity index (χ3n) is 3.11. The van der Waals surface area contributed by atoms with Crippen molar-refractivity contribution in [1.29, 1.82) is 0 Å². The second kappa shape index (κ2) is 5.70. The fraction of sp³-hybridized carbons (Fsp3) is 0.200. The van der Waals surface area contributed by atoms with Crippen LogP contribution in [0.5, 0.6) is 5.75 Å². The number of halogens is 3. The molecule has 0 heterocycles. The number of benzene rings is 2. The Morgan fingerprint density at radius 2 is 1.68 bits per heavy atom. The van der Waals surface area contributed by atoms with E-state index in [2.05, 4.69) is 15.9 Å². The van der Waals surface area contributed by atoms with E-state index in [1.54, 1.807) is 24.3 Å². The molecule has 0 aliphatic heterocycles. The van der Waals surface area contributed by atoms with Gasteiger partial charge < -0.3 is 4.74 Å². The SMILES string of the molecule is COc1ccc(Br)c(C(C)c2ccc(F)cc2)c1F. The van der Waals surface area contributed by atoms with Crippen LogP contribution in [0.3, 0.4) is 0 Å². The molecule has 0 saturated carbocycles. The first-order valence-corrected chi connectivity index (χ1v) is 6.61. The fourth-order valence-electron chi connectivity index (χ4n) is 2.02. The molecule has 0 N–H and O–H groups in total. The molecule has 4 heteroatoms. The first-order chi connectivity index (χ1) is 9.04. The van der Waals surface area contributed by atoms with E-state index in [1.165, 1.54) is 19.2 Å². The lowest BCUT2D eigenvalue weighted by atomic mass is 9.92. The summed E-state index contributed by atoms with van der Waals surface area (Å²) in [7, 11) is 1.43. The minimum Gasteiger partial charge on any atom is -0.494 e. The highest BCUT2D eigenvalue weighted by molar-refractivity contribution is 9.10. The molecule has 2 rings (SSSR count). The van der Waals surface area contributed by atoms with Crippen LogP contribution in [0.15, 0.2) is 40.9 Å². The molecular formula is C15H13BrF2O. The summed E-state index contributed by atoms with van der Waals surface area (Å²) in [5, 5.41) is 0. The maximum Gasteiger partial charge on any atom is 0.169 e. The smallest absolute Gasteiger partial charge is 0.169 e. The highest BCUT2D eigenvalue weighted by Crippen LogP contribution is 2.36. The van der Waals surface area contributed by atoms with E-state index >= 15 is 0 Å². The highest BCUT2D eigenvalue weighted by atomic mass is 79.9. The second-order valence-corrected chi connectivity index (χ2v) is 5.10. The van der Waals surface area contributed by atoms with Crippen LogP contribution in [-0.4, -0.2) is 7.11 Å². The predicted octanol–water partition coefficient (Wildman–Crippen LogP) is 4.89. The Balaban J connectivity index is 2.49. The van der Waals surface area contributed by atoms with Gasteiger partial charge in [-0.25, -0.2) is 8.78 Å². The largest absolute Gasteiger partial charge is 0.494 e. The summed E-state index contributed by atoms with van der Waals surface area (Å²) in [6.07, 6.45) is 0. The summed E-state index contributed by atoms with van der Waals surface area (Å²) in [5.74, 6) is -0.702. The Hall–Kier alpha value is -1.42. The zero-order valence-electron chi connectivity index (χ0n) is 10.6. The zero-order valence-corrected chi connectivity index (χ0v) is 12.2. The lowest BCUT2D eigenvalue weighted by molar-refractivity contribution is 0.383. The van der Waals surface area contributed by atoms with E-state index in [1.807, 2.05) is 6.92 Å². The van der Waals surface area contributed by atoms with Crippen molar-refractivity contribution >= 4 is 15.9 Å². The first kappa shape index (κ1) is 14.0. The highest BCUT2D eigenvalue weighted by Gasteiger charge is 2.19. The van der Waals surface area contributed by atoms with E-state index in [4.69, 9.17) is 4.74 Å². The van der Waals surface area contributed by atoms with E-state index in [0.29, 0.717) is 10.0 Å². The van der Waals surface area contributed by atoms with Crippen molar-refractivity contribution in [3.05, 3.63) is 63.6 Å². The van der Waals surface area contributed by atoms with Gasteiger partial charge in [0, 0.05) is 16.0 Å². The monoisotopic (exact) mass is 326 g/mol. The van der Waals surface area contributed by atoms with Crippen molar-refractivity contribution in [1.82, 2.24) is 0 Å². The summed E-state index contributed by atoms with van der Waals surface area (Å²) in [5.41, 5.74) is 1.35. The lowest BCUT2D eigenvalue weighted by Crippen LogP contribution is -2.03. The summed E-state index contributed by atoms with van der Waals surface area (Å²) in [6.45, 7) is 1.87. The molecule has 19 heavy (non-hydrogen) atoms. The van der Waals surface area contributed by atoms with Gasteiger partial charge in [-0.3, -0.25) is 0 Å². The minimum absolute atomic E-state index is 0.201. The van der Waals surface area contributed by atoms with Gasteiger partial charge in [0.25, 0.3) is 0 Å². The van der Waals surface area contributed by atoms with Crippen LogP contribution in [0.4, 0.5) is 8.78 Å². The molecule has 1 atom stereocenters. The molecule has 2 aromatic rings. The molecule has 0 spiro atoms. The molecule has 100 valence electrons. The molecule has 1 unspecified atom stereocenters. The van der Waals surface area contributed by atoms with Crippen LogP contribution in [0, 0.1) is 11.6 Å². The molecule has 1 nitrogen and oxygen atoms in total. The standard InChI is InChI=1S/C15H13BrF2O/c1-9(10-3-5-11(17)6-4-10)14-12(16)7-8-13(19-2)15(14)18/h3-9H,1-2H3. The molecule has 0 bridgehead atoms. The quantitative estimate of drug-likeness (QED) is 0.780. The lowest BCUT2D eigenvalue weighted by Gasteiger charge is -2.17. The van der Waals surface area contributed by atoms with Crippen molar-refractivity contribution in [3.63, 3.8) is 0 Å². The van der Waals surface area contributed by atoms with Crippen LogP contribution in [0.2, 0.25) is 0 Å². The van der Waals surface area contributed by atoms with Crippen molar-refractivity contribution in [2.24, 2.45) is 0 Å². The Bertz CT molecular complexity index is 581. The third-order valence-corrected chi connectivity index (χ3v) is 3.81. The number of rotatable bonds is 3. The van der Waals surface area contributed by atoms with E-state index in [-0.39, 0.29) is 17.5 Å². The summed E-state index contributed by atoms with van der Waals surface area (Å²) >= 11 is 3.35. The van der Waals surface area contributed by atoms with Gasteiger partial charge >= 0.3 is 0 Å². The van der Waals surface area contributed by atoms with Crippen LogP contribution in [-0.2, 0) is 0 Å². The van der Waals surface area contributed by atoms with Crippen LogP contribution in [0.25, 0.3) is 0 Å². The fourth-order valence-corrected chi connectivity index (χ4v) is 2.67. The van der Waals surface area contributed by atoms with Crippen molar-refractivity contribution in [3.8, 4) is 5.75 Å². The maximum atomic E-state index is 14.3. The predicted molar refractivity (Wildman–Crippen MR) is 74.6 cm³/mol. The van der Waals surface area contributed by atoms with Gasteiger partial charge in [0.15, 0.2) is 11.6 Å². The average molecular weight is 327 g/mol. The van der Waals surface area contributed by atoms with Gasteiger partial charge in [-0.1, -0.05) is 35.0 Å². The number of hydrogen-bond acceptors (Lipinski definition) is 1. The third kappa shape index (κ3) is 2.78. The number of ether oxygens (including phenoxy) is 1. The molecule has 2 aromatic carbocycles. The van der Waals surface area contributed by atoms with Crippen LogP contribution in [0.1, 0.15) is 24.0 Å². The molecular weight excluding hydrogens is 314 g/mol. The Morgan fingerprint density at radius 1 is 1.05 bits per heavy atom. The van der Waals surface area contributed by atoms with E-state index < -0.39 is 5.82 Å². The Labute approximate surface area is 119 Å². The topological polar surface area (TPSA) is 9.23 Å². The van der Waals surface area contributed by atoms with Gasteiger partial charge in [0.05, 0.1) is 7.11 Å². The van der Waals surface area contributed by atoms with Gasteiger partial charge in [-0.2, -0.15) is 0 Å². The van der Waals surface area contributed by atoms with Crippen LogP contribution < -0.4 is 4.74 Å². The van der Waals surface area contributed by atoms with Crippen molar-refractivity contribution in [2.45, 2.75) is 12.8 Å². The molecule has 0 aliphatic rings. The van der Waals surface area contributed by atoms with Crippen molar-refractivity contribution < 1.29 is 13.5 Å². The molecule has 0 saturated heterocycles. The second-order valence-electron chi connectivity index (χ2n) is 4.25. The first-order valence-electron chi connectivity index (χ1n) is 5.82. The number of hydrogen-bond donors (Lipinski definition) is 0.